The molecule has 0 saturated carbocycles. The summed E-state index contributed by atoms with van der Waals surface area (Å²) in [5, 5.41) is 0.541. The van der Waals surface area contributed by atoms with Crippen molar-refractivity contribution in [2.45, 2.75) is 13.0 Å². The maximum absolute atomic E-state index is 12.2. The van der Waals surface area contributed by atoms with E-state index in [0.717, 1.165) is 4.47 Å². The second kappa shape index (κ2) is 6.22. The van der Waals surface area contributed by atoms with Crippen molar-refractivity contribution in [3.05, 3.63) is 63.6 Å². The molecular weight excluding hydrogens is 328 g/mol. The third-order valence-corrected chi connectivity index (χ3v) is 3.51. The van der Waals surface area contributed by atoms with Gasteiger partial charge in [-0.2, -0.15) is 0 Å². The van der Waals surface area contributed by atoms with Gasteiger partial charge in [-0.3, -0.25) is 4.79 Å². The Morgan fingerprint density at radius 2 is 1.95 bits per heavy atom. The number of hydrogen-bond donors (Lipinski definition) is 0. The van der Waals surface area contributed by atoms with Gasteiger partial charge in [0.1, 0.15) is 5.75 Å². The number of hydrogen-bond acceptors (Lipinski definition) is 2. The Hall–Kier alpha value is -1.32. The van der Waals surface area contributed by atoms with E-state index >= 15 is 0 Å². The third kappa shape index (κ3) is 3.58. The minimum Gasteiger partial charge on any atom is -0.481 e. The van der Waals surface area contributed by atoms with Gasteiger partial charge in [-0.05, 0) is 47.1 Å². The van der Waals surface area contributed by atoms with Crippen LogP contribution < -0.4 is 4.74 Å². The first-order valence-electron chi connectivity index (χ1n) is 5.79. The number of carbonyl (C=O) groups is 1. The molecule has 2 aromatic carbocycles. The van der Waals surface area contributed by atoms with Crippen molar-refractivity contribution < 1.29 is 9.53 Å². The molecule has 0 heterocycles. The number of halogens is 2. The molecule has 0 N–H and O–H groups in total. The maximum Gasteiger partial charge on any atom is 0.203 e. The molecule has 4 heteroatoms. The number of carbonyl (C=O) groups excluding carboxylic acids is 1. The second-order valence-corrected chi connectivity index (χ2v) is 5.36. The van der Waals surface area contributed by atoms with Crippen molar-refractivity contribution in [1.29, 1.82) is 0 Å². The molecule has 2 rings (SSSR count). The van der Waals surface area contributed by atoms with E-state index in [4.69, 9.17) is 16.3 Å². The molecule has 0 aliphatic carbocycles. The van der Waals surface area contributed by atoms with Crippen LogP contribution in [0.4, 0.5) is 0 Å². The molecule has 1 atom stereocenters. The van der Waals surface area contributed by atoms with E-state index in [9.17, 15) is 4.79 Å². The Kier molecular flexibility index (Phi) is 4.61. The van der Waals surface area contributed by atoms with Gasteiger partial charge in [-0.15, -0.1) is 0 Å². The van der Waals surface area contributed by atoms with Crippen LogP contribution in [-0.2, 0) is 0 Å². The number of ketones is 1. The van der Waals surface area contributed by atoms with Gasteiger partial charge in [0.2, 0.25) is 5.78 Å². The molecule has 0 aliphatic rings. The smallest absolute Gasteiger partial charge is 0.203 e. The van der Waals surface area contributed by atoms with Crippen LogP contribution in [0.25, 0.3) is 0 Å². The standard InChI is InChI=1S/C15H12BrClO2/c1-10(19-14-8-3-2-7-13(14)16)15(18)11-5-4-6-12(17)9-11/h2-10H,1H3. The van der Waals surface area contributed by atoms with Crippen molar-refractivity contribution in [2.24, 2.45) is 0 Å². The normalized spacial score (nSPS) is 11.9. The fraction of sp³-hybridized carbons (Fsp3) is 0.133. The van der Waals surface area contributed by atoms with Gasteiger partial charge in [0.05, 0.1) is 4.47 Å². The van der Waals surface area contributed by atoms with Gasteiger partial charge in [-0.1, -0.05) is 35.9 Å². The van der Waals surface area contributed by atoms with Gasteiger partial charge in [0.25, 0.3) is 0 Å². The largest absolute Gasteiger partial charge is 0.481 e. The van der Waals surface area contributed by atoms with Crippen LogP contribution in [0.1, 0.15) is 17.3 Å². The quantitative estimate of drug-likeness (QED) is 0.751. The summed E-state index contributed by atoms with van der Waals surface area (Å²) in [5.41, 5.74) is 0.548. The van der Waals surface area contributed by atoms with Crippen LogP contribution in [0.3, 0.4) is 0 Å². The Morgan fingerprint density at radius 1 is 1.21 bits per heavy atom. The van der Waals surface area contributed by atoms with Gasteiger partial charge in [-0.25, -0.2) is 0 Å². The Morgan fingerprint density at radius 3 is 2.63 bits per heavy atom. The summed E-state index contributed by atoms with van der Waals surface area (Å²) in [6.07, 6.45) is -0.572. The van der Waals surface area contributed by atoms with Crippen LogP contribution in [0.5, 0.6) is 5.75 Å². The lowest BCUT2D eigenvalue weighted by Crippen LogP contribution is -2.24. The molecule has 0 aromatic heterocycles. The number of para-hydroxylation sites is 1. The molecule has 1 unspecified atom stereocenters. The zero-order valence-corrected chi connectivity index (χ0v) is 12.6. The topological polar surface area (TPSA) is 26.3 Å². The van der Waals surface area contributed by atoms with Gasteiger partial charge in [0, 0.05) is 10.6 Å². The van der Waals surface area contributed by atoms with E-state index in [1.807, 2.05) is 24.3 Å². The van der Waals surface area contributed by atoms with Gasteiger partial charge >= 0.3 is 0 Å². The molecule has 0 fully saturated rings. The minimum atomic E-state index is -0.572. The Labute approximate surface area is 125 Å². The molecule has 98 valence electrons. The van der Waals surface area contributed by atoms with E-state index in [0.29, 0.717) is 16.3 Å². The third-order valence-electron chi connectivity index (χ3n) is 2.62. The summed E-state index contributed by atoms with van der Waals surface area (Å²) < 4.78 is 6.48. The maximum atomic E-state index is 12.2. The molecular formula is C15H12BrClO2. The molecule has 19 heavy (non-hydrogen) atoms. The lowest BCUT2D eigenvalue weighted by molar-refractivity contribution is 0.0817. The number of ether oxygens (including phenoxy) is 1. The highest BCUT2D eigenvalue weighted by Crippen LogP contribution is 2.25. The summed E-state index contributed by atoms with van der Waals surface area (Å²) >= 11 is 9.26. The predicted molar refractivity (Wildman–Crippen MR) is 80.0 cm³/mol. The average molecular weight is 340 g/mol. The lowest BCUT2D eigenvalue weighted by Gasteiger charge is -2.14. The van der Waals surface area contributed by atoms with E-state index in [1.165, 1.54) is 0 Å². The first-order chi connectivity index (χ1) is 9.08. The zero-order valence-electron chi connectivity index (χ0n) is 10.3. The number of Topliss-reactive ketones (excluding diaryl/α,β-unsaturated/α-hetero) is 1. The van der Waals surface area contributed by atoms with Crippen LogP contribution >= 0.6 is 27.5 Å². The van der Waals surface area contributed by atoms with Crippen LogP contribution in [-0.4, -0.2) is 11.9 Å². The molecule has 0 radical (unpaired) electrons. The summed E-state index contributed by atoms with van der Waals surface area (Å²) in [7, 11) is 0. The van der Waals surface area contributed by atoms with Gasteiger partial charge < -0.3 is 4.74 Å². The van der Waals surface area contributed by atoms with Gasteiger partial charge in [0.15, 0.2) is 6.10 Å². The molecule has 2 nitrogen and oxygen atoms in total. The van der Waals surface area contributed by atoms with E-state index in [-0.39, 0.29) is 5.78 Å². The Balaban J connectivity index is 2.14. The average Bonchev–Trinajstić information content (AvgIpc) is 2.40. The van der Waals surface area contributed by atoms with Crippen molar-refractivity contribution in [2.75, 3.05) is 0 Å². The lowest BCUT2D eigenvalue weighted by atomic mass is 10.1. The van der Waals surface area contributed by atoms with Crippen molar-refractivity contribution in [3.63, 3.8) is 0 Å². The van der Waals surface area contributed by atoms with Crippen molar-refractivity contribution >= 4 is 33.3 Å². The molecule has 0 saturated heterocycles. The van der Waals surface area contributed by atoms with E-state index in [2.05, 4.69) is 15.9 Å². The SMILES string of the molecule is CC(Oc1ccccc1Br)C(=O)c1cccc(Cl)c1. The fourth-order valence-electron chi connectivity index (χ4n) is 1.66. The van der Waals surface area contributed by atoms with Crippen LogP contribution in [0.2, 0.25) is 5.02 Å². The molecule has 0 aliphatic heterocycles. The predicted octanol–water partition coefficient (Wildman–Crippen LogP) is 4.75. The molecule has 0 amide bonds. The summed E-state index contributed by atoms with van der Waals surface area (Å²) in [5.74, 6) is 0.545. The first kappa shape index (κ1) is 14.1. The zero-order chi connectivity index (χ0) is 13.8. The summed E-state index contributed by atoms with van der Waals surface area (Å²) in [6, 6.07) is 14.3. The first-order valence-corrected chi connectivity index (χ1v) is 6.96. The Bertz CT molecular complexity index is 598. The molecule has 0 bridgehead atoms. The second-order valence-electron chi connectivity index (χ2n) is 4.07. The number of rotatable bonds is 4. The summed E-state index contributed by atoms with van der Waals surface area (Å²) in [4.78, 5) is 12.2. The number of benzene rings is 2. The highest BCUT2D eigenvalue weighted by atomic mass is 79.9. The monoisotopic (exact) mass is 338 g/mol. The molecule has 0 spiro atoms. The highest BCUT2D eigenvalue weighted by Gasteiger charge is 2.17. The fourth-order valence-corrected chi connectivity index (χ4v) is 2.23. The van der Waals surface area contributed by atoms with Crippen molar-refractivity contribution in [3.8, 4) is 5.75 Å². The van der Waals surface area contributed by atoms with E-state index in [1.54, 1.807) is 31.2 Å². The summed E-state index contributed by atoms with van der Waals surface area (Å²) in [6.45, 7) is 1.72. The van der Waals surface area contributed by atoms with Crippen LogP contribution in [0.15, 0.2) is 53.0 Å². The minimum absolute atomic E-state index is 0.0988. The van der Waals surface area contributed by atoms with E-state index < -0.39 is 6.10 Å². The van der Waals surface area contributed by atoms with Crippen LogP contribution in [0, 0.1) is 0 Å². The highest BCUT2D eigenvalue weighted by molar-refractivity contribution is 9.10. The molecule has 2 aromatic rings. The van der Waals surface area contributed by atoms with Crippen molar-refractivity contribution in [1.82, 2.24) is 0 Å².